The Labute approximate surface area is 115 Å². The van der Waals surface area contributed by atoms with Crippen LogP contribution in [0, 0.1) is 5.92 Å². The molecule has 4 heteroatoms. The number of carbonyl (C=O) groups is 1. The molecule has 1 aliphatic heterocycles. The van der Waals surface area contributed by atoms with Gasteiger partial charge in [-0.05, 0) is 37.3 Å². The Kier molecular flexibility index (Phi) is 4.40. The van der Waals surface area contributed by atoms with Crippen molar-refractivity contribution in [3.8, 4) is 0 Å². The second-order valence-electron chi connectivity index (χ2n) is 5.29. The van der Waals surface area contributed by atoms with Crippen LogP contribution in [0.2, 0.25) is 0 Å². The van der Waals surface area contributed by atoms with Crippen molar-refractivity contribution in [1.29, 1.82) is 0 Å². The largest absolute Gasteiger partial charge is 0.384 e. The number of likely N-dealkylation sites (tertiary alicyclic amines) is 1. The number of hydrogen-bond acceptors (Lipinski definition) is 3. The molecule has 1 saturated heterocycles. The number of nitrogens with two attached hydrogens (primary N) is 1. The van der Waals surface area contributed by atoms with E-state index in [1.807, 2.05) is 17.9 Å². The highest BCUT2D eigenvalue weighted by Crippen LogP contribution is 2.21. The molecule has 1 atom stereocenters. The number of hydrogen-bond donors (Lipinski definition) is 1. The molecule has 0 aromatic carbocycles. The molecule has 0 saturated carbocycles. The van der Waals surface area contributed by atoms with Gasteiger partial charge in [-0.3, -0.25) is 4.79 Å². The molecule has 104 valence electrons. The number of pyridine rings is 1. The van der Waals surface area contributed by atoms with E-state index in [9.17, 15) is 4.79 Å². The van der Waals surface area contributed by atoms with E-state index in [1.54, 1.807) is 6.07 Å². The van der Waals surface area contributed by atoms with Crippen molar-refractivity contribution in [3.05, 3.63) is 23.4 Å². The van der Waals surface area contributed by atoms with Crippen LogP contribution in [0.1, 0.15) is 49.2 Å². The standard InChI is InChI=1S/C15H23N3O/c1-3-11-6-5-7-18(10-11)15(19)12-8-13(4-2)17-14(16)9-12/h8-9,11H,3-7,10H2,1-2H3,(H2,16,17). The van der Waals surface area contributed by atoms with E-state index in [2.05, 4.69) is 11.9 Å². The Morgan fingerprint density at radius 2 is 2.26 bits per heavy atom. The van der Waals surface area contributed by atoms with Crippen LogP contribution in [-0.2, 0) is 6.42 Å². The number of amides is 1. The second-order valence-corrected chi connectivity index (χ2v) is 5.29. The van der Waals surface area contributed by atoms with Crippen LogP contribution in [0.5, 0.6) is 0 Å². The predicted molar refractivity (Wildman–Crippen MR) is 76.9 cm³/mol. The molecule has 0 bridgehead atoms. The molecule has 1 fully saturated rings. The number of carbonyl (C=O) groups excluding carboxylic acids is 1. The van der Waals surface area contributed by atoms with Crippen molar-refractivity contribution >= 4 is 11.7 Å². The van der Waals surface area contributed by atoms with E-state index in [0.717, 1.165) is 38.0 Å². The number of rotatable bonds is 3. The first-order chi connectivity index (χ1) is 9.13. The summed E-state index contributed by atoms with van der Waals surface area (Å²) in [6, 6.07) is 3.56. The lowest BCUT2D eigenvalue weighted by Gasteiger charge is -2.32. The Morgan fingerprint density at radius 1 is 1.47 bits per heavy atom. The normalized spacial score (nSPS) is 19.5. The minimum Gasteiger partial charge on any atom is -0.384 e. The van der Waals surface area contributed by atoms with Gasteiger partial charge in [0.1, 0.15) is 5.82 Å². The Balaban J connectivity index is 2.16. The SMILES string of the molecule is CCc1cc(C(=O)N2CCCC(CC)C2)cc(N)n1. The Morgan fingerprint density at radius 3 is 2.95 bits per heavy atom. The molecule has 1 amide bonds. The molecule has 1 aliphatic rings. The number of aromatic nitrogens is 1. The van der Waals surface area contributed by atoms with Crippen LogP contribution in [0.25, 0.3) is 0 Å². The number of piperidine rings is 1. The average Bonchev–Trinajstić information content (AvgIpc) is 2.45. The smallest absolute Gasteiger partial charge is 0.254 e. The number of aryl methyl sites for hydroxylation is 1. The molecule has 2 rings (SSSR count). The van der Waals surface area contributed by atoms with Gasteiger partial charge in [0.2, 0.25) is 0 Å². The summed E-state index contributed by atoms with van der Waals surface area (Å²) in [6.07, 6.45) is 4.27. The summed E-state index contributed by atoms with van der Waals surface area (Å²) in [6.45, 7) is 5.94. The van der Waals surface area contributed by atoms with Crippen molar-refractivity contribution < 1.29 is 4.79 Å². The highest BCUT2D eigenvalue weighted by Gasteiger charge is 2.23. The van der Waals surface area contributed by atoms with Crippen molar-refractivity contribution in [2.75, 3.05) is 18.8 Å². The Bertz CT molecular complexity index is 459. The first-order valence-electron chi connectivity index (χ1n) is 7.19. The van der Waals surface area contributed by atoms with Crippen LogP contribution >= 0.6 is 0 Å². The molecule has 1 aromatic rings. The molecule has 0 spiro atoms. The summed E-state index contributed by atoms with van der Waals surface area (Å²) < 4.78 is 0. The van der Waals surface area contributed by atoms with Gasteiger partial charge in [-0.25, -0.2) is 4.98 Å². The highest BCUT2D eigenvalue weighted by atomic mass is 16.2. The zero-order valence-electron chi connectivity index (χ0n) is 11.9. The molecular formula is C15H23N3O. The molecular weight excluding hydrogens is 238 g/mol. The Hall–Kier alpha value is -1.58. The molecule has 0 aliphatic carbocycles. The lowest BCUT2D eigenvalue weighted by Crippen LogP contribution is -2.39. The number of anilines is 1. The molecule has 4 nitrogen and oxygen atoms in total. The zero-order chi connectivity index (χ0) is 13.8. The average molecular weight is 261 g/mol. The lowest BCUT2D eigenvalue weighted by molar-refractivity contribution is 0.0671. The van der Waals surface area contributed by atoms with E-state index in [1.165, 1.54) is 6.42 Å². The van der Waals surface area contributed by atoms with Gasteiger partial charge in [-0.15, -0.1) is 0 Å². The van der Waals surface area contributed by atoms with Gasteiger partial charge in [0.05, 0.1) is 0 Å². The van der Waals surface area contributed by atoms with E-state index in [4.69, 9.17) is 5.73 Å². The second kappa shape index (κ2) is 6.04. The third-order valence-electron chi connectivity index (χ3n) is 3.89. The third kappa shape index (κ3) is 3.25. The van der Waals surface area contributed by atoms with E-state index >= 15 is 0 Å². The summed E-state index contributed by atoms with van der Waals surface area (Å²) in [4.78, 5) is 18.7. The predicted octanol–water partition coefficient (Wildman–Crippen LogP) is 2.49. The fourth-order valence-electron chi connectivity index (χ4n) is 2.68. The topological polar surface area (TPSA) is 59.2 Å². The van der Waals surface area contributed by atoms with Crippen LogP contribution in [0.15, 0.2) is 12.1 Å². The monoisotopic (exact) mass is 261 g/mol. The first kappa shape index (κ1) is 13.8. The highest BCUT2D eigenvalue weighted by molar-refractivity contribution is 5.95. The maximum Gasteiger partial charge on any atom is 0.254 e. The zero-order valence-corrected chi connectivity index (χ0v) is 11.9. The maximum absolute atomic E-state index is 12.5. The quantitative estimate of drug-likeness (QED) is 0.909. The molecule has 19 heavy (non-hydrogen) atoms. The molecule has 1 aromatic heterocycles. The van der Waals surface area contributed by atoms with Crippen LogP contribution in [0.4, 0.5) is 5.82 Å². The summed E-state index contributed by atoms with van der Waals surface area (Å²) >= 11 is 0. The third-order valence-corrected chi connectivity index (χ3v) is 3.89. The van der Waals surface area contributed by atoms with Crippen LogP contribution in [-0.4, -0.2) is 28.9 Å². The fourth-order valence-corrected chi connectivity index (χ4v) is 2.68. The summed E-state index contributed by atoms with van der Waals surface area (Å²) in [5, 5.41) is 0. The fraction of sp³-hybridized carbons (Fsp3) is 0.600. The van der Waals surface area contributed by atoms with Gasteiger partial charge in [0.25, 0.3) is 5.91 Å². The maximum atomic E-state index is 12.5. The van der Waals surface area contributed by atoms with Gasteiger partial charge >= 0.3 is 0 Å². The van der Waals surface area contributed by atoms with Crippen molar-refractivity contribution in [2.45, 2.75) is 39.5 Å². The van der Waals surface area contributed by atoms with Gasteiger partial charge in [0, 0.05) is 24.3 Å². The van der Waals surface area contributed by atoms with E-state index in [0.29, 0.717) is 17.3 Å². The molecule has 0 radical (unpaired) electrons. The van der Waals surface area contributed by atoms with Crippen molar-refractivity contribution in [3.63, 3.8) is 0 Å². The number of nitrogen functional groups attached to an aromatic ring is 1. The molecule has 2 heterocycles. The number of nitrogens with zero attached hydrogens (tertiary/aromatic N) is 2. The van der Waals surface area contributed by atoms with E-state index in [-0.39, 0.29) is 5.91 Å². The van der Waals surface area contributed by atoms with Gasteiger partial charge in [-0.1, -0.05) is 20.3 Å². The molecule has 2 N–H and O–H groups in total. The summed E-state index contributed by atoms with van der Waals surface area (Å²) in [5.74, 6) is 1.18. The van der Waals surface area contributed by atoms with Gasteiger partial charge < -0.3 is 10.6 Å². The van der Waals surface area contributed by atoms with Gasteiger partial charge in [0.15, 0.2) is 0 Å². The van der Waals surface area contributed by atoms with Crippen molar-refractivity contribution in [1.82, 2.24) is 9.88 Å². The molecule has 1 unspecified atom stereocenters. The minimum atomic E-state index is 0.0990. The summed E-state index contributed by atoms with van der Waals surface area (Å²) in [7, 11) is 0. The first-order valence-corrected chi connectivity index (χ1v) is 7.19. The minimum absolute atomic E-state index is 0.0990. The van der Waals surface area contributed by atoms with Crippen molar-refractivity contribution in [2.24, 2.45) is 5.92 Å². The lowest BCUT2D eigenvalue weighted by atomic mass is 9.95. The van der Waals surface area contributed by atoms with E-state index < -0.39 is 0 Å². The van der Waals surface area contributed by atoms with Gasteiger partial charge in [-0.2, -0.15) is 0 Å². The summed E-state index contributed by atoms with van der Waals surface area (Å²) in [5.41, 5.74) is 7.34. The van der Waals surface area contributed by atoms with Crippen LogP contribution < -0.4 is 5.73 Å². The van der Waals surface area contributed by atoms with Crippen LogP contribution in [0.3, 0.4) is 0 Å².